The standard InChI is InChI=1S/C21H30N2O2/c1-15-5-4-6-16(2)23(15)21(25)17(3)22-13-11-19(12-14-22)18-7-9-20(24)10-8-18/h7-11,15-17,24H,4-6,12-14H2,1-3H3/t15-,16+,17-/m0/s1. The summed E-state index contributed by atoms with van der Waals surface area (Å²) >= 11 is 0. The molecule has 1 amide bonds. The second-order valence-electron chi connectivity index (χ2n) is 7.57. The molecular formula is C21H30N2O2. The molecule has 25 heavy (non-hydrogen) atoms. The molecule has 136 valence electrons. The Morgan fingerprint density at radius 3 is 2.36 bits per heavy atom. The number of likely N-dealkylation sites (tertiary alicyclic amines) is 1. The number of phenols is 1. The smallest absolute Gasteiger partial charge is 0.240 e. The number of phenolic OH excluding ortho intramolecular Hbond substituents is 1. The first kappa shape index (κ1) is 18.0. The third kappa shape index (κ3) is 3.90. The normalized spacial score (nSPS) is 26.2. The number of carbonyl (C=O) groups excluding carboxylic acids is 1. The van der Waals surface area contributed by atoms with Crippen molar-refractivity contribution in [3.63, 3.8) is 0 Å². The van der Waals surface area contributed by atoms with Gasteiger partial charge in [-0.1, -0.05) is 18.2 Å². The molecule has 3 atom stereocenters. The lowest BCUT2D eigenvalue weighted by molar-refractivity contribution is -0.142. The number of hydrogen-bond acceptors (Lipinski definition) is 3. The fourth-order valence-electron chi connectivity index (χ4n) is 4.20. The van der Waals surface area contributed by atoms with Crippen molar-refractivity contribution >= 4 is 11.5 Å². The summed E-state index contributed by atoms with van der Waals surface area (Å²) < 4.78 is 0. The predicted molar refractivity (Wildman–Crippen MR) is 101 cm³/mol. The molecule has 0 unspecified atom stereocenters. The zero-order chi connectivity index (χ0) is 18.0. The quantitative estimate of drug-likeness (QED) is 0.912. The molecule has 1 aromatic carbocycles. The first-order valence-electron chi connectivity index (χ1n) is 9.52. The molecule has 0 aliphatic carbocycles. The Balaban J connectivity index is 1.65. The van der Waals surface area contributed by atoms with Gasteiger partial charge in [-0.2, -0.15) is 0 Å². The maximum absolute atomic E-state index is 13.0. The lowest BCUT2D eigenvalue weighted by Gasteiger charge is -2.42. The molecule has 0 spiro atoms. The average Bonchev–Trinajstić information content (AvgIpc) is 2.61. The van der Waals surface area contributed by atoms with Gasteiger partial charge in [0.2, 0.25) is 5.91 Å². The number of carbonyl (C=O) groups is 1. The molecule has 0 bridgehead atoms. The lowest BCUT2D eigenvalue weighted by Crippen LogP contribution is -2.55. The summed E-state index contributed by atoms with van der Waals surface area (Å²) in [5.74, 6) is 0.576. The molecule has 2 aliphatic rings. The summed E-state index contributed by atoms with van der Waals surface area (Å²) in [6, 6.07) is 8.02. The molecule has 1 aromatic rings. The van der Waals surface area contributed by atoms with Crippen LogP contribution in [0.15, 0.2) is 30.3 Å². The minimum Gasteiger partial charge on any atom is -0.508 e. The minimum atomic E-state index is -0.0689. The first-order valence-corrected chi connectivity index (χ1v) is 9.52. The minimum absolute atomic E-state index is 0.0689. The molecular weight excluding hydrogens is 312 g/mol. The van der Waals surface area contributed by atoms with E-state index in [-0.39, 0.29) is 11.9 Å². The zero-order valence-electron chi connectivity index (χ0n) is 15.6. The summed E-state index contributed by atoms with van der Waals surface area (Å²) in [7, 11) is 0. The molecule has 1 fully saturated rings. The number of aromatic hydroxyl groups is 1. The molecule has 0 radical (unpaired) electrons. The van der Waals surface area contributed by atoms with Crippen molar-refractivity contribution in [3.8, 4) is 5.75 Å². The van der Waals surface area contributed by atoms with E-state index in [0.29, 0.717) is 17.8 Å². The van der Waals surface area contributed by atoms with E-state index in [4.69, 9.17) is 0 Å². The van der Waals surface area contributed by atoms with Crippen LogP contribution in [-0.4, -0.2) is 52.0 Å². The fourth-order valence-corrected chi connectivity index (χ4v) is 4.20. The summed E-state index contributed by atoms with van der Waals surface area (Å²) in [5, 5.41) is 9.43. The van der Waals surface area contributed by atoms with E-state index in [2.05, 4.69) is 36.6 Å². The molecule has 4 nitrogen and oxygen atoms in total. The molecule has 1 saturated heterocycles. The van der Waals surface area contributed by atoms with Crippen LogP contribution in [0.1, 0.15) is 52.0 Å². The van der Waals surface area contributed by atoms with Crippen LogP contribution in [0.5, 0.6) is 5.75 Å². The van der Waals surface area contributed by atoms with Crippen LogP contribution in [0, 0.1) is 0 Å². The van der Waals surface area contributed by atoms with Crippen molar-refractivity contribution in [3.05, 3.63) is 35.9 Å². The molecule has 0 aromatic heterocycles. The Bertz CT molecular complexity index is 628. The van der Waals surface area contributed by atoms with Gasteiger partial charge in [-0.25, -0.2) is 0 Å². The van der Waals surface area contributed by atoms with Crippen LogP contribution in [-0.2, 0) is 4.79 Å². The van der Waals surface area contributed by atoms with Gasteiger partial charge in [0, 0.05) is 25.2 Å². The van der Waals surface area contributed by atoms with Gasteiger partial charge in [0.15, 0.2) is 0 Å². The number of piperidine rings is 1. The van der Waals surface area contributed by atoms with Gasteiger partial charge in [-0.3, -0.25) is 9.69 Å². The Kier molecular flexibility index (Phi) is 5.48. The summed E-state index contributed by atoms with van der Waals surface area (Å²) in [5.41, 5.74) is 2.46. The van der Waals surface area contributed by atoms with Crippen LogP contribution in [0.3, 0.4) is 0 Å². The van der Waals surface area contributed by atoms with Crippen molar-refractivity contribution in [1.29, 1.82) is 0 Å². The maximum atomic E-state index is 13.0. The third-order valence-electron chi connectivity index (χ3n) is 5.83. The Hall–Kier alpha value is -1.81. The van der Waals surface area contributed by atoms with Crippen molar-refractivity contribution in [1.82, 2.24) is 9.80 Å². The third-order valence-corrected chi connectivity index (χ3v) is 5.83. The van der Waals surface area contributed by atoms with E-state index in [1.54, 1.807) is 12.1 Å². The van der Waals surface area contributed by atoms with Crippen LogP contribution in [0.25, 0.3) is 5.57 Å². The molecule has 4 heteroatoms. The predicted octanol–water partition coefficient (Wildman–Crippen LogP) is 3.66. The van der Waals surface area contributed by atoms with Gasteiger partial charge in [0.1, 0.15) is 5.75 Å². The SMILES string of the molecule is C[C@@H]1CCC[C@H](C)N1C(=O)[C@H](C)N1CC=C(c2ccc(O)cc2)CC1. The van der Waals surface area contributed by atoms with E-state index < -0.39 is 0 Å². The second-order valence-corrected chi connectivity index (χ2v) is 7.57. The van der Waals surface area contributed by atoms with Crippen molar-refractivity contribution in [2.24, 2.45) is 0 Å². The van der Waals surface area contributed by atoms with Crippen LogP contribution >= 0.6 is 0 Å². The zero-order valence-corrected chi connectivity index (χ0v) is 15.6. The largest absolute Gasteiger partial charge is 0.508 e. The number of hydrogen-bond donors (Lipinski definition) is 1. The van der Waals surface area contributed by atoms with E-state index in [1.165, 1.54) is 12.0 Å². The lowest BCUT2D eigenvalue weighted by atomic mass is 9.95. The Labute approximate surface area is 151 Å². The molecule has 2 heterocycles. The first-order chi connectivity index (χ1) is 12.0. The fraction of sp³-hybridized carbons (Fsp3) is 0.571. The molecule has 3 rings (SSSR count). The van der Waals surface area contributed by atoms with Crippen molar-refractivity contribution < 1.29 is 9.90 Å². The van der Waals surface area contributed by atoms with Gasteiger partial charge >= 0.3 is 0 Å². The summed E-state index contributed by atoms with van der Waals surface area (Å²) in [6.45, 7) is 8.12. The number of nitrogens with zero attached hydrogens (tertiary/aromatic N) is 2. The molecule has 2 aliphatic heterocycles. The van der Waals surface area contributed by atoms with Gasteiger partial charge < -0.3 is 10.0 Å². The Morgan fingerprint density at radius 2 is 1.80 bits per heavy atom. The highest BCUT2D eigenvalue weighted by Crippen LogP contribution is 2.27. The topological polar surface area (TPSA) is 43.8 Å². The van der Waals surface area contributed by atoms with Crippen LogP contribution < -0.4 is 0 Å². The number of amides is 1. The van der Waals surface area contributed by atoms with E-state index in [1.807, 2.05) is 12.1 Å². The van der Waals surface area contributed by atoms with Gasteiger partial charge in [-0.15, -0.1) is 0 Å². The van der Waals surface area contributed by atoms with Crippen LogP contribution in [0.2, 0.25) is 0 Å². The van der Waals surface area contributed by atoms with Crippen molar-refractivity contribution in [2.45, 2.75) is 64.6 Å². The summed E-state index contributed by atoms with van der Waals surface area (Å²) in [6.07, 6.45) is 6.63. The van der Waals surface area contributed by atoms with E-state index >= 15 is 0 Å². The van der Waals surface area contributed by atoms with E-state index in [9.17, 15) is 9.90 Å². The summed E-state index contributed by atoms with van der Waals surface area (Å²) in [4.78, 5) is 17.4. The number of benzene rings is 1. The van der Waals surface area contributed by atoms with Crippen molar-refractivity contribution in [2.75, 3.05) is 13.1 Å². The maximum Gasteiger partial charge on any atom is 0.240 e. The monoisotopic (exact) mass is 342 g/mol. The van der Waals surface area contributed by atoms with Gasteiger partial charge in [0.05, 0.1) is 6.04 Å². The highest BCUT2D eigenvalue weighted by Gasteiger charge is 2.34. The Morgan fingerprint density at radius 1 is 1.16 bits per heavy atom. The molecule has 1 N–H and O–H groups in total. The average molecular weight is 342 g/mol. The highest BCUT2D eigenvalue weighted by molar-refractivity contribution is 5.82. The van der Waals surface area contributed by atoms with Gasteiger partial charge in [-0.05, 0) is 69.7 Å². The highest BCUT2D eigenvalue weighted by atomic mass is 16.3. The second kappa shape index (κ2) is 7.61. The van der Waals surface area contributed by atoms with Crippen LogP contribution in [0.4, 0.5) is 0 Å². The molecule has 0 saturated carbocycles. The van der Waals surface area contributed by atoms with Gasteiger partial charge in [0.25, 0.3) is 0 Å². The van der Waals surface area contributed by atoms with E-state index in [0.717, 1.165) is 37.9 Å². The number of rotatable bonds is 3.